The van der Waals surface area contributed by atoms with Crippen LogP contribution in [0, 0.1) is 0 Å². The number of amides is 2. The fourth-order valence-electron chi connectivity index (χ4n) is 2.00. The normalized spacial score (nSPS) is 12.8. The minimum absolute atomic E-state index is 0.101. The number of benzene rings is 1. The molecule has 1 aromatic carbocycles. The Kier molecular flexibility index (Phi) is 5.53. The number of hydrogen-bond acceptors (Lipinski definition) is 3. The zero-order chi connectivity index (χ0) is 14.2. The van der Waals surface area contributed by atoms with Gasteiger partial charge in [0.1, 0.15) is 13.2 Å². The number of ether oxygens (including phenoxy) is 2. The molecule has 0 saturated heterocycles. The molecule has 0 radical (unpaired) electrons. The molecule has 5 heteroatoms. The third-order valence-corrected chi connectivity index (χ3v) is 3.12. The van der Waals surface area contributed by atoms with Gasteiger partial charge in [-0.05, 0) is 30.5 Å². The highest BCUT2D eigenvalue weighted by molar-refractivity contribution is 5.73. The van der Waals surface area contributed by atoms with Gasteiger partial charge in [-0.1, -0.05) is 19.4 Å². The number of hydrogen-bond donors (Lipinski definition) is 2. The topological polar surface area (TPSA) is 59.6 Å². The van der Waals surface area contributed by atoms with E-state index >= 15 is 0 Å². The molecular weight excluding hydrogens is 256 g/mol. The van der Waals surface area contributed by atoms with Gasteiger partial charge in [0.2, 0.25) is 0 Å². The minimum atomic E-state index is -0.101. The summed E-state index contributed by atoms with van der Waals surface area (Å²) in [6.45, 7) is 4.63. The van der Waals surface area contributed by atoms with Crippen LogP contribution in [0.1, 0.15) is 25.3 Å². The SMILES string of the molecule is CCCCNC(=O)NCCc1ccc2c(c1)OCCO2. The van der Waals surface area contributed by atoms with Crippen LogP contribution in [-0.2, 0) is 6.42 Å². The molecule has 0 fully saturated rings. The van der Waals surface area contributed by atoms with Gasteiger partial charge in [-0.2, -0.15) is 0 Å². The third-order valence-electron chi connectivity index (χ3n) is 3.12. The molecule has 1 heterocycles. The lowest BCUT2D eigenvalue weighted by Gasteiger charge is -2.18. The van der Waals surface area contributed by atoms with E-state index in [-0.39, 0.29) is 6.03 Å². The van der Waals surface area contributed by atoms with Gasteiger partial charge < -0.3 is 20.1 Å². The van der Waals surface area contributed by atoms with Gasteiger partial charge in [-0.25, -0.2) is 4.79 Å². The first-order chi connectivity index (χ1) is 9.79. The monoisotopic (exact) mass is 278 g/mol. The zero-order valence-corrected chi connectivity index (χ0v) is 11.9. The van der Waals surface area contributed by atoms with Gasteiger partial charge in [-0.15, -0.1) is 0 Å². The lowest BCUT2D eigenvalue weighted by atomic mass is 10.1. The Balaban J connectivity index is 1.72. The van der Waals surface area contributed by atoms with Crippen LogP contribution in [0.5, 0.6) is 11.5 Å². The predicted octanol–water partition coefficient (Wildman–Crippen LogP) is 2.10. The Labute approximate surface area is 119 Å². The van der Waals surface area contributed by atoms with Crippen molar-refractivity contribution in [1.29, 1.82) is 0 Å². The summed E-state index contributed by atoms with van der Waals surface area (Å²) in [7, 11) is 0. The molecule has 2 N–H and O–H groups in total. The van der Waals surface area contributed by atoms with Crippen molar-refractivity contribution in [3.05, 3.63) is 23.8 Å². The molecule has 0 atom stereocenters. The first kappa shape index (κ1) is 14.5. The quantitative estimate of drug-likeness (QED) is 0.783. The van der Waals surface area contributed by atoms with Gasteiger partial charge in [0.15, 0.2) is 11.5 Å². The molecule has 0 saturated carbocycles. The zero-order valence-electron chi connectivity index (χ0n) is 11.9. The molecule has 1 aromatic rings. The van der Waals surface area contributed by atoms with Crippen molar-refractivity contribution in [3.63, 3.8) is 0 Å². The van der Waals surface area contributed by atoms with Crippen molar-refractivity contribution < 1.29 is 14.3 Å². The Morgan fingerprint density at radius 2 is 1.90 bits per heavy atom. The van der Waals surface area contributed by atoms with E-state index in [1.54, 1.807) is 0 Å². The van der Waals surface area contributed by atoms with E-state index < -0.39 is 0 Å². The molecule has 0 unspecified atom stereocenters. The van der Waals surface area contributed by atoms with Gasteiger partial charge in [0.05, 0.1) is 0 Å². The first-order valence-electron chi connectivity index (χ1n) is 7.20. The number of rotatable bonds is 6. The van der Waals surface area contributed by atoms with E-state index in [4.69, 9.17) is 9.47 Å². The number of urea groups is 1. The fraction of sp³-hybridized carbons (Fsp3) is 0.533. The molecule has 0 spiro atoms. The maximum atomic E-state index is 11.5. The van der Waals surface area contributed by atoms with Crippen molar-refractivity contribution in [2.45, 2.75) is 26.2 Å². The van der Waals surface area contributed by atoms with Gasteiger partial charge in [-0.3, -0.25) is 0 Å². The molecule has 1 aliphatic rings. The number of fused-ring (bicyclic) bond motifs is 1. The Hall–Kier alpha value is -1.91. The second-order valence-electron chi connectivity index (χ2n) is 4.76. The molecule has 5 nitrogen and oxygen atoms in total. The molecule has 2 amide bonds. The lowest BCUT2D eigenvalue weighted by molar-refractivity contribution is 0.171. The molecule has 2 rings (SSSR count). The first-order valence-corrected chi connectivity index (χ1v) is 7.20. The summed E-state index contributed by atoms with van der Waals surface area (Å²) in [6.07, 6.45) is 2.87. The van der Waals surface area contributed by atoms with E-state index in [0.717, 1.165) is 42.9 Å². The highest BCUT2D eigenvalue weighted by Gasteiger charge is 2.11. The summed E-state index contributed by atoms with van der Waals surface area (Å²) in [5.74, 6) is 1.59. The van der Waals surface area contributed by atoms with E-state index in [1.165, 1.54) is 0 Å². The molecule has 0 aliphatic carbocycles. The number of unbranched alkanes of at least 4 members (excludes halogenated alkanes) is 1. The summed E-state index contributed by atoms with van der Waals surface area (Å²) in [5.41, 5.74) is 1.13. The van der Waals surface area contributed by atoms with E-state index in [9.17, 15) is 4.79 Å². The molecule has 0 aromatic heterocycles. The average Bonchev–Trinajstić information content (AvgIpc) is 2.47. The van der Waals surface area contributed by atoms with Crippen molar-refractivity contribution in [2.75, 3.05) is 26.3 Å². The van der Waals surface area contributed by atoms with Crippen molar-refractivity contribution >= 4 is 6.03 Å². The number of carbonyl (C=O) groups excluding carboxylic acids is 1. The second-order valence-corrected chi connectivity index (χ2v) is 4.76. The average molecular weight is 278 g/mol. The Bertz CT molecular complexity index is 449. The minimum Gasteiger partial charge on any atom is -0.486 e. The van der Waals surface area contributed by atoms with Gasteiger partial charge in [0, 0.05) is 13.1 Å². The van der Waals surface area contributed by atoms with Crippen LogP contribution in [0.4, 0.5) is 4.79 Å². The Morgan fingerprint density at radius 3 is 2.70 bits per heavy atom. The van der Waals surface area contributed by atoms with Crippen LogP contribution < -0.4 is 20.1 Å². The number of nitrogens with one attached hydrogen (secondary N) is 2. The van der Waals surface area contributed by atoms with Crippen LogP contribution in [0.15, 0.2) is 18.2 Å². The summed E-state index contributed by atoms with van der Waals surface area (Å²) < 4.78 is 11.0. The molecule has 0 bridgehead atoms. The second kappa shape index (κ2) is 7.62. The smallest absolute Gasteiger partial charge is 0.314 e. The molecular formula is C15H22N2O3. The lowest BCUT2D eigenvalue weighted by Crippen LogP contribution is -2.37. The highest BCUT2D eigenvalue weighted by atomic mass is 16.6. The van der Waals surface area contributed by atoms with Crippen molar-refractivity contribution in [1.82, 2.24) is 10.6 Å². The van der Waals surface area contributed by atoms with E-state index in [2.05, 4.69) is 17.6 Å². The maximum absolute atomic E-state index is 11.5. The van der Waals surface area contributed by atoms with Crippen LogP contribution in [0.3, 0.4) is 0 Å². The fourth-order valence-corrected chi connectivity index (χ4v) is 2.00. The standard InChI is InChI=1S/C15H22N2O3/c1-2-3-7-16-15(18)17-8-6-12-4-5-13-14(11-12)20-10-9-19-13/h4-5,11H,2-3,6-10H2,1H3,(H2,16,17,18). The molecule has 110 valence electrons. The van der Waals surface area contributed by atoms with E-state index in [1.807, 2.05) is 18.2 Å². The highest BCUT2D eigenvalue weighted by Crippen LogP contribution is 2.30. The maximum Gasteiger partial charge on any atom is 0.314 e. The van der Waals surface area contributed by atoms with E-state index in [0.29, 0.717) is 19.8 Å². The van der Waals surface area contributed by atoms with Crippen molar-refractivity contribution in [3.8, 4) is 11.5 Å². The third kappa shape index (κ3) is 4.33. The van der Waals surface area contributed by atoms with Crippen LogP contribution in [0.2, 0.25) is 0 Å². The summed E-state index contributed by atoms with van der Waals surface area (Å²) >= 11 is 0. The largest absolute Gasteiger partial charge is 0.486 e. The molecule has 20 heavy (non-hydrogen) atoms. The van der Waals surface area contributed by atoms with Gasteiger partial charge >= 0.3 is 6.03 Å². The van der Waals surface area contributed by atoms with Crippen LogP contribution >= 0.6 is 0 Å². The Morgan fingerprint density at radius 1 is 1.15 bits per heavy atom. The van der Waals surface area contributed by atoms with Crippen LogP contribution in [-0.4, -0.2) is 32.3 Å². The van der Waals surface area contributed by atoms with Crippen LogP contribution in [0.25, 0.3) is 0 Å². The summed E-state index contributed by atoms with van der Waals surface area (Å²) in [5, 5.41) is 5.67. The summed E-state index contributed by atoms with van der Waals surface area (Å²) in [4.78, 5) is 11.5. The van der Waals surface area contributed by atoms with Gasteiger partial charge in [0.25, 0.3) is 0 Å². The van der Waals surface area contributed by atoms with Crippen molar-refractivity contribution in [2.24, 2.45) is 0 Å². The number of carbonyl (C=O) groups is 1. The predicted molar refractivity (Wildman–Crippen MR) is 77.4 cm³/mol. The summed E-state index contributed by atoms with van der Waals surface area (Å²) in [6, 6.07) is 5.80. The molecule has 1 aliphatic heterocycles.